The molecule has 1 atom stereocenters. The lowest BCUT2D eigenvalue weighted by Crippen LogP contribution is -2.12. The van der Waals surface area contributed by atoms with Crippen molar-refractivity contribution in [2.24, 2.45) is 5.92 Å². The lowest BCUT2D eigenvalue weighted by Gasteiger charge is -2.11. The molecule has 0 bridgehead atoms. The summed E-state index contributed by atoms with van der Waals surface area (Å²) in [7, 11) is 0. The van der Waals surface area contributed by atoms with Crippen LogP contribution in [-0.4, -0.2) is 25.2 Å². The van der Waals surface area contributed by atoms with E-state index in [1.54, 1.807) is 24.3 Å². The summed E-state index contributed by atoms with van der Waals surface area (Å²) in [5.74, 6) is 0.255. The summed E-state index contributed by atoms with van der Waals surface area (Å²) in [5.41, 5.74) is 0.640. The summed E-state index contributed by atoms with van der Waals surface area (Å²) >= 11 is 6.21. The third-order valence-corrected chi connectivity index (χ3v) is 5.74. The van der Waals surface area contributed by atoms with E-state index in [1.807, 2.05) is 13.8 Å². The molecule has 0 saturated carbocycles. The molecule has 2 rings (SSSR count). The lowest BCUT2D eigenvalue weighted by atomic mass is 10.1. The van der Waals surface area contributed by atoms with Crippen LogP contribution in [0.3, 0.4) is 0 Å². The molecule has 5 nitrogen and oxygen atoms in total. The third-order valence-electron chi connectivity index (χ3n) is 5.42. The second-order valence-electron chi connectivity index (χ2n) is 8.28. The Morgan fingerprint density at radius 2 is 1.55 bits per heavy atom. The Kier molecular flexibility index (Phi) is 11.8. The highest BCUT2D eigenvalue weighted by Crippen LogP contribution is 2.25. The fourth-order valence-electron chi connectivity index (χ4n) is 3.06. The number of hydrogen-bond acceptors (Lipinski definition) is 5. The van der Waals surface area contributed by atoms with Gasteiger partial charge in [-0.3, -0.25) is 0 Å². The van der Waals surface area contributed by atoms with Crippen molar-refractivity contribution in [1.82, 2.24) is 0 Å². The van der Waals surface area contributed by atoms with Crippen molar-refractivity contribution in [3.8, 4) is 11.5 Å². The minimum absolute atomic E-state index is 0.174. The van der Waals surface area contributed by atoms with Gasteiger partial charge in [0.25, 0.3) is 0 Å². The third kappa shape index (κ3) is 9.47. The molecule has 0 aliphatic rings. The van der Waals surface area contributed by atoms with Gasteiger partial charge in [-0.1, -0.05) is 70.9 Å². The van der Waals surface area contributed by atoms with Crippen LogP contribution in [0, 0.1) is 5.92 Å². The molecule has 0 spiro atoms. The van der Waals surface area contributed by atoms with Crippen LogP contribution in [-0.2, 0) is 4.74 Å². The predicted molar refractivity (Wildman–Crippen MR) is 131 cm³/mol. The van der Waals surface area contributed by atoms with E-state index < -0.39 is 11.9 Å². The summed E-state index contributed by atoms with van der Waals surface area (Å²) in [6.07, 6.45) is 8.17. The molecule has 0 aromatic heterocycles. The van der Waals surface area contributed by atoms with E-state index in [-0.39, 0.29) is 22.3 Å². The van der Waals surface area contributed by atoms with E-state index in [0.29, 0.717) is 18.8 Å². The van der Waals surface area contributed by atoms with Gasteiger partial charge >= 0.3 is 11.9 Å². The number of carbonyl (C=O) groups excluding carboxylic acids is 2. The van der Waals surface area contributed by atoms with Gasteiger partial charge in [0.15, 0.2) is 0 Å². The second-order valence-corrected chi connectivity index (χ2v) is 8.69. The van der Waals surface area contributed by atoms with Crippen LogP contribution in [0.2, 0.25) is 5.02 Å². The van der Waals surface area contributed by atoms with Gasteiger partial charge in [-0.15, -0.1) is 0 Å². The van der Waals surface area contributed by atoms with Gasteiger partial charge in [0, 0.05) is 6.07 Å². The van der Waals surface area contributed by atoms with Gasteiger partial charge in [-0.2, -0.15) is 0 Å². The first-order valence-corrected chi connectivity index (χ1v) is 12.2. The molecule has 0 amide bonds. The van der Waals surface area contributed by atoms with Gasteiger partial charge in [0.05, 0.1) is 29.4 Å². The maximum Gasteiger partial charge on any atom is 0.343 e. The van der Waals surface area contributed by atoms with Gasteiger partial charge in [0.1, 0.15) is 11.5 Å². The first kappa shape index (κ1) is 26.7. The average molecular weight is 475 g/mol. The molecule has 2 aromatic rings. The topological polar surface area (TPSA) is 61.8 Å². The summed E-state index contributed by atoms with van der Waals surface area (Å²) in [4.78, 5) is 24.7. The molecule has 2 aromatic carbocycles. The Balaban J connectivity index is 1.83. The van der Waals surface area contributed by atoms with Crippen molar-refractivity contribution < 1.29 is 23.8 Å². The molecule has 0 aliphatic heterocycles. The Morgan fingerprint density at radius 1 is 0.879 bits per heavy atom. The number of esters is 2. The number of halogens is 1. The molecule has 33 heavy (non-hydrogen) atoms. The fraction of sp³-hybridized carbons (Fsp3) is 0.481. The van der Waals surface area contributed by atoms with Crippen LogP contribution in [0.4, 0.5) is 0 Å². The van der Waals surface area contributed by atoms with Crippen LogP contribution in [0.5, 0.6) is 11.5 Å². The van der Waals surface area contributed by atoms with Crippen LogP contribution in [0.1, 0.15) is 86.4 Å². The first-order chi connectivity index (χ1) is 15.9. The van der Waals surface area contributed by atoms with E-state index in [9.17, 15) is 9.59 Å². The number of hydrogen-bond donors (Lipinski definition) is 0. The molecule has 0 radical (unpaired) electrons. The van der Waals surface area contributed by atoms with Crippen LogP contribution >= 0.6 is 11.6 Å². The highest BCUT2D eigenvalue weighted by atomic mass is 35.5. The zero-order valence-corrected chi connectivity index (χ0v) is 20.7. The zero-order valence-electron chi connectivity index (χ0n) is 19.9. The molecule has 0 N–H and O–H groups in total. The Labute approximate surface area is 202 Å². The predicted octanol–water partition coefficient (Wildman–Crippen LogP) is 7.50. The Bertz CT molecular complexity index is 879. The summed E-state index contributed by atoms with van der Waals surface area (Å²) in [6, 6.07) is 11.3. The van der Waals surface area contributed by atoms with Crippen molar-refractivity contribution in [3.63, 3.8) is 0 Å². The molecule has 6 heteroatoms. The van der Waals surface area contributed by atoms with E-state index in [2.05, 4.69) is 6.92 Å². The quantitative estimate of drug-likeness (QED) is 0.161. The SMILES string of the molecule is CCCCCCCCOc1ccc(C(=O)Oc2ccc(C(=O)OCC(C)CC)c(Cl)c2)cc1. The van der Waals surface area contributed by atoms with Crippen molar-refractivity contribution in [2.75, 3.05) is 13.2 Å². The minimum atomic E-state index is -0.513. The number of ether oxygens (including phenoxy) is 3. The van der Waals surface area contributed by atoms with Gasteiger partial charge in [-0.25, -0.2) is 9.59 Å². The molecule has 1 unspecified atom stereocenters. The number of unbranched alkanes of at least 4 members (excludes halogenated alkanes) is 5. The molecule has 0 aliphatic carbocycles. The van der Waals surface area contributed by atoms with E-state index in [1.165, 1.54) is 50.3 Å². The lowest BCUT2D eigenvalue weighted by molar-refractivity contribution is 0.0447. The number of carbonyl (C=O) groups is 2. The molecule has 180 valence electrons. The first-order valence-electron chi connectivity index (χ1n) is 11.9. The number of benzene rings is 2. The van der Waals surface area contributed by atoms with Crippen molar-refractivity contribution in [1.29, 1.82) is 0 Å². The summed E-state index contributed by atoms with van der Waals surface area (Å²) in [5, 5.41) is 0.174. The fourth-order valence-corrected chi connectivity index (χ4v) is 3.31. The average Bonchev–Trinajstić information content (AvgIpc) is 2.82. The molecule has 0 fully saturated rings. The minimum Gasteiger partial charge on any atom is -0.494 e. The molecule has 0 saturated heterocycles. The Morgan fingerprint density at radius 3 is 2.21 bits per heavy atom. The van der Waals surface area contributed by atoms with Crippen molar-refractivity contribution in [2.45, 2.75) is 65.7 Å². The van der Waals surface area contributed by atoms with Crippen LogP contribution in [0.15, 0.2) is 42.5 Å². The van der Waals surface area contributed by atoms with Gasteiger partial charge < -0.3 is 14.2 Å². The Hall–Kier alpha value is -2.53. The van der Waals surface area contributed by atoms with Crippen LogP contribution in [0.25, 0.3) is 0 Å². The maximum absolute atomic E-state index is 12.5. The second kappa shape index (κ2) is 14.6. The van der Waals surface area contributed by atoms with E-state index in [4.69, 9.17) is 25.8 Å². The normalized spacial score (nSPS) is 11.6. The van der Waals surface area contributed by atoms with E-state index >= 15 is 0 Å². The highest BCUT2D eigenvalue weighted by molar-refractivity contribution is 6.33. The highest BCUT2D eigenvalue weighted by Gasteiger charge is 2.16. The summed E-state index contributed by atoms with van der Waals surface area (Å²) in [6.45, 7) is 7.25. The molecule has 0 heterocycles. The van der Waals surface area contributed by atoms with Crippen molar-refractivity contribution >= 4 is 23.5 Å². The summed E-state index contributed by atoms with van der Waals surface area (Å²) < 4.78 is 16.4. The maximum atomic E-state index is 12.5. The smallest absolute Gasteiger partial charge is 0.343 e. The standard InChI is InChI=1S/C27H35ClO5/c1-4-6-7-8-9-10-17-31-22-13-11-21(12-14-22)26(29)33-23-15-16-24(25(28)18-23)27(30)32-19-20(3)5-2/h11-16,18,20H,4-10,17,19H2,1-3H3. The molecular formula is C27H35ClO5. The van der Waals surface area contributed by atoms with Crippen molar-refractivity contribution in [3.05, 3.63) is 58.6 Å². The monoisotopic (exact) mass is 474 g/mol. The van der Waals surface area contributed by atoms with Crippen LogP contribution < -0.4 is 9.47 Å². The van der Waals surface area contributed by atoms with E-state index in [0.717, 1.165) is 18.6 Å². The largest absolute Gasteiger partial charge is 0.494 e. The molecular weight excluding hydrogens is 440 g/mol. The zero-order chi connectivity index (χ0) is 24.1. The van der Waals surface area contributed by atoms with Gasteiger partial charge in [0.2, 0.25) is 0 Å². The number of rotatable bonds is 14. The van der Waals surface area contributed by atoms with Gasteiger partial charge in [-0.05, 0) is 48.7 Å².